The highest BCUT2D eigenvalue weighted by atomic mass is 16.5. The van der Waals surface area contributed by atoms with Crippen molar-refractivity contribution in [2.75, 3.05) is 7.11 Å². The first-order valence-electron chi connectivity index (χ1n) is 6.54. The van der Waals surface area contributed by atoms with Crippen LogP contribution in [0.3, 0.4) is 0 Å². The molecule has 1 aromatic rings. The minimum Gasteiger partial charge on any atom is -0.490 e. The second kappa shape index (κ2) is 6.18. The Bertz CT molecular complexity index is 376. The number of hydrogen-bond acceptors (Lipinski definition) is 4. The van der Waals surface area contributed by atoms with Crippen LogP contribution in [0, 0.1) is 0 Å². The van der Waals surface area contributed by atoms with Crippen molar-refractivity contribution in [1.29, 1.82) is 0 Å². The topological polar surface area (TPSA) is 56.5 Å². The van der Waals surface area contributed by atoms with Crippen LogP contribution in [0.4, 0.5) is 0 Å². The van der Waals surface area contributed by atoms with Crippen LogP contribution in [0.25, 0.3) is 0 Å². The maximum Gasteiger partial charge on any atom is 0.120 e. The predicted molar refractivity (Wildman–Crippen MR) is 71.2 cm³/mol. The first-order chi connectivity index (χ1) is 8.78. The van der Waals surface area contributed by atoms with E-state index < -0.39 is 0 Å². The number of ether oxygens (including phenoxy) is 2. The molecule has 0 aromatic heterocycles. The largest absolute Gasteiger partial charge is 0.490 e. The van der Waals surface area contributed by atoms with Crippen LogP contribution in [0.1, 0.15) is 37.8 Å². The van der Waals surface area contributed by atoms with Crippen molar-refractivity contribution in [3.8, 4) is 5.75 Å². The first kappa shape index (κ1) is 13.3. The molecule has 0 heterocycles. The molecule has 100 valence electrons. The summed E-state index contributed by atoms with van der Waals surface area (Å²) in [7, 11) is 1.71. The average Bonchev–Trinajstić information content (AvgIpc) is 3.20. The quantitative estimate of drug-likeness (QED) is 0.575. The maximum absolute atomic E-state index is 5.80. The number of hydrazine groups is 1. The molecule has 18 heavy (non-hydrogen) atoms. The lowest BCUT2D eigenvalue weighted by Gasteiger charge is -2.25. The van der Waals surface area contributed by atoms with Gasteiger partial charge >= 0.3 is 0 Å². The fourth-order valence-electron chi connectivity index (χ4n) is 2.12. The van der Waals surface area contributed by atoms with E-state index in [4.69, 9.17) is 15.3 Å². The molecule has 2 unspecified atom stereocenters. The summed E-state index contributed by atoms with van der Waals surface area (Å²) < 4.78 is 11.3. The van der Waals surface area contributed by atoms with Crippen LogP contribution >= 0.6 is 0 Å². The standard InChI is InChI=1S/C14H22N2O2/c1-3-13(17-2)14(16-15)10-5-4-6-12(9-10)18-11-7-8-11/h4-6,9,11,13-14,16H,3,7-8,15H2,1-2H3. The van der Waals surface area contributed by atoms with Gasteiger partial charge < -0.3 is 9.47 Å². The van der Waals surface area contributed by atoms with E-state index in [0.29, 0.717) is 6.10 Å². The molecule has 1 aromatic carbocycles. The van der Waals surface area contributed by atoms with Gasteiger partial charge in [0.25, 0.3) is 0 Å². The number of hydrogen-bond donors (Lipinski definition) is 2. The highest BCUT2D eigenvalue weighted by Crippen LogP contribution is 2.29. The van der Waals surface area contributed by atoms with E-state index in [-0.39, 0.29) is 12.1 Å². The lowest BCUT2D eigenvalue weighted by Crippen LogP contribution is -2.37. The summed E-state index contributed by atoms with van der Waals surface area (Å²) in [5, 5.41) is 0. The minimum absolute atomic E-state index is 0.0113. The molecular weight excluding hydrogens is 228 g/mol. The fourth-order valence-corrected chi connectivity index (χ4v) is 2.12. The van der Waals surface area contributed by atoms with Gasteiger partial charge in [-0.2, -0.15) is 0 Å². The number of rotatable bonds is 7. The van der Waals surface area contributed by atoms with Crippen molar-refractivity contribution in [2.45, 2.75) is 44.4 Å². The highest BCUT2D eigenvalue weighted by Gasteiger charge is 2.25. The third-order valence-corrected chi connectivity index (χ3v) is 3.30. The molecule has 1 aliphatic carbocycles. The second-order valence-corrected chi connectivity index (χ2v) is 4.72. The van der Waals surface area contributed by atoms with Gasteiger partial charge in [-0.15, -0.1) is 0 Å². The van der Waals surface area contributed by atoms with E-state index in [1.807, 2.05) is 24.3 Å². The molecule has 1 fully saturated rings. The molecular formula is C14H22N2O2. The maximum atomic E-state index is 5.80. The third kappa shape index (κ3) is 3.22. The van der Waals surface area contributed by atoms with E-state index in [0.717, 1.165) is 17.7 Å². The first-order valence-corrected chi connectivity index (χ1v) is 6.54. The van der Waals surface area contributed by atoms with Gasteiger partial charge in [-0.05, 0) is 37.0 Å². The molecule has 0 amide bonds. The van der Waals surface area contributed by atoms with E-state index >= 15 is 0 Å². The highest BCUT2D eigenvalue weighted by molar-refractivity contribution is 5.31. The van der Waals surface area contributed by atoms with E-state index in [1.54, 1.807) is 7.11 Å². The molecule has 1 saturated carbocycles. The normalized spacial score (nSPS) is 18.4. The lowest BCUT2D eigenvalue weighted by molar-refractivity contribution is 0.0650. The molecule has 0 saturated heterocycles. The predicted octanol–water partition coefficient (Wildman–Crippen LogP) is 2.16. The number of nitrogens with two attached hydrogens (primary N) is 1. The summed E-state index contributed by atoms with van der Waals surface area (Å²) in [6.45, 7) is 2.09. The van der Waals surface area contributed by atoms with Crippen LogP contribution in [0.15, 0.2) is 24.3 Å². The van der Waals surface area contributed by atoms with Crippen LogP contribution in [-0.2, 0) is 4.74 Å². The SMILES string of the molecule is CCC(OC)C(NN)c1cccc(OC2CC2)c1. The Balaban J connectivity index is 2.13. The Morgan fingerprint density at radius 1 is 1.44 bits per heavy atom. The van der Waals surface area contributed by atoms with Crippen molar-refractivity contribution in [3.05, 3.63) is 29.8 Å². The Morgan fingerprint density at radius 3 is 2.78 bits per heavy atom. The zero-order chi connectivity index (χ0) is 13.0. The zero-order valence-corrected chi connectivity index (χ0v) is 11.1. The van der Waals surface area contributed by atoms with E-state index in [1.165, 1.54) is 12.8 Å². The summed E-state index contributed by atoms with van der Waals surface area (Å²) in [5.41, 5.74) is 3.94. The molecule has 4 heteroatoms. The van der Waals surface area contributed by atoms with Crippen molar-refractivity contribution in [3.63, 3.8) is 0 Å². The Kier molecular flexibility index (Phi) is 4.58. The molecule has 0 spiro atoms. The second-order valence-electron chi connectivity index (χ2n) is 4.72. The van der Waals surface area contributed by atoms with Crippen LogP contribution in [-0.4, -0.2) is 19.3 Å². The lowest BCUT2D eigenvalue weighted by atomic mass is 10.00. The zero-order valence-electron chi connectivity index (χ0n) is 11.1. The van der Waals surface area contributed by atoms with Gasteiger partial charge in [-0.1, -0.05) is 19.1 Å². The molecule has 0 bridgehead atoms. The summed E-state index contributed by atoms with van der Waals surface area (Å²) >= 11 is 0. The van der Waals surface area contributed by atoms with E-state index in [2.05, 4.69) is 12.3 Å². The minimum atomic E-state index is -0.0113. The third-order valence-electron chi connectivity index (χ3n) is 3.30. The molecule has 1 aliphatic rings. The summed E-state index contributed by atoms with van der Waals surface area (Å²) in [4.78, 5) is 0. The van der Waals surface area contributed by atoms with Gasteiger partial charge in [0.2, 0.25) is 0 Å². The van der Waals surface area contributed by atoms with Crippen molar-refractivity contribution >= 4 is 0 Å². The van der Waals surface area contributed by atoms with Gasteiger partial charge in [0, 0.05) is 7.11 Å². The average molecular weight is 250 g/mol. The van der Waals surface area contributed by atoms with Crippen molar-refractivity contribution < 1.29 is 9.47 Å². The van der Waals surface area contributed by atoms with Gasteiger partial charge in [-0.25, -0.2) is 0 Å². The molecule has 0 aliphatic heterocycles. The fraction of sp³-hybridized carbons (Fsp3) is 0.571. The smallest absolute Gasteiger partial charge is 0.120 e. The Labute approximate surface area is 108 Å². The molecule has 2 atom stereocenters. The molecule has 4 nitrogen and oxygen atoms in total. The monoisotopic (exact) mass is 250 g/mol. The Morgan fingerprint density at radius 2 is 2.22 bits per heavy atom. The van der Waals surface area contributed by atoms with Gasteiger partial charge in [0.1, 0.15) is 5.75 Å². The summed E-state index contributed by atoms with van der Waals surface area (Å²) in [5.74, 6) is 6.57. The van der Waals surface area contributed by atoms with Crippen molar-refractivity contribution in [1.82, 2.24) is 5.43 Å². The molecule has 3 N–H and O–H groups in total. The molecule has 2 rings (SSSR count). The van der Waals surface area contributed by atoms with Crippen molar-refractivity contribution in [2.24, 2.45) is 5.84 Å². The van der Waals surface area contributed by atoms with Gasteiger partial charge in [0.05, 0.1) is 18.2 Å². The molecule has 0 radical (unpaired) electrons. The number of methoxy groups -OCH3 is 1. The number of nitrogens with one attached hydrogen (secondary N) is 1. The number of benzene rings is 1. The van der Waals surface area contributed by atoms with Crippen LogP contribution in [0.2, 0.25) is 0 Å². The van der Waals surface area contributed by atoms with Gasteiger partial charge in [-0.3, -0.25) is 11.3 Å². The van der Waals surface area contributed by atoms with E-state index in [9.17, 15) is 0 Å². The van der Waals surface area contributed by atoms with Gasteiger partial charge in [0.15, 0.2) is 0 Å². The van der Waals surface area contributed by atoms with Crippen LogP contribution in [0.5, 0.6) is 5.75 Å². The Hall–Kier alpha value is -1.10. The summed E-state index contributed by atoms with van der Waals surface area (Å²) in [6.07, 6.45) is 3.70. The van der Waals surface area contributed by atoms with Crippen LogP contribution < -0.4 is 16.0 Å². The summed E-state index contributed by atoms with van der Waals surface area (Å²) in [6, 6.07) is 8.07.